The zero-order chi connectivity index (χ0) is 13.5. The van der Waals surface area contributed by atoms with Gasteiger partial charge in [0.05, 0.1) is 13.2 Å². The first-order chi connectivity index (χ1) is 8.54. The maximum absolute atomic E-state index is 13.2. The molecule has 0 aliphatic carbocycles. The largest absolute Gasteiger partial charge is 0.378 e. The van der Waals surface area contributed by atoms with Crippen LogP contribution in [0.15, 0.2) is 22.7 Å². The van der Waals surface area contributed by atoms with E-state index in [0.717, 1.165) is 0 Å². The molecule has 0 saturated carbocycles. The van der Waals surface area contributed by atoms with E-state index < -0.39 is 5.82 Å². The van der Waals surface area contributed by atoms with E-state index in [1.807, 2.05) is 0 Å². The fourth-order valence-corrected chi connectivity index (χ4v) is 1.93. The molecule has 0 spiro atoms. The molecule has 1 aromatic carbocycles. The molecule has 0 aliphatic heterocycles. The number of alkyl halides is 1. The predicted octanol–water partition coefficient (Wildman–Crippen LogP) is 2.92. The Labute approximate surface area is 119 Å². The SMILES string of the molecule is CN(CCOCCCl)C(=O)c1cc(F)cc(Br)c1. The minimum Gasteiger partial charge on any atom is -0.378 e. The third kappa shape index (κ3) is 4.92. The van der Waals surface area contributed by atoms with Gasteiger partial charge in [0.15, 0.2) is 0 Å². The van der Waals surface area contributed by atoms with Crippen LogP contribution in [0, 0.1) is 5.82 Å². The lowest BCUT2D eigenvalue weighted by molar-refractivity contribution is 0.0711. The Morgan fingerprint density at radius 2 is 2.17 bits per heavy atom. The summed E-state index contributed by atoms with van der Waals surface area (Å²) in [6, 6.07) is 4.10. The summed E-state index contributed by atoms with van der Waals surface area (Å²) in [6.45, 7) is 1.30. The van der Waals surface area contributed by atoms with Crippen LogP contribution in [0.2, 0.25) is 0 Å². The summed E-state index contributed by atoms with van der Waals surface area (Å²) in [5, 5.41) is 0. The molecule has 0 unspecified atom stereocenters. The van der Waals surface area contributed by atoms with Crippen molar-refractivity contribution in [2.45, 2.75) is 0 Å². The topological polar surface area (TPSA) is 29.5 Å². The number of likely N-dealkylation sites (N-methyl/N-ethyl adjacent to an activating group) is 1. The summed E-state index contributed by atoms with van der Waals surface area (Å²) < 4.78 is 18.9. The fraction of sp³-hybridized carbons (Fsp3) is 0.417. The lowest BCUT2D eigenvalue weighted by Gasteiger charge is -2.17. The van der Waals surface area contributed by atoms with Gasteiger partial charge < -0.3 is 9.64 Å². The maximum Gasteiger partial charge on any atom is 0.253 e. The first-order valence-corrected chi connectivity index (χ1v) is 6.72. The molecule has 6 heteroatoms. The van der Waals surface area contributed by atoms with Crippen LogP contribution in [-0.4, -0.2) is 43.5 Å². The monoisotopic (exact) mass is 337 g/mol. The predicted molar refractivity (Wildman–Crippen MR) is 72.6 cm³/mol. The third-order valence-electron chi connectivity index (χ3n) is 2.25. The fourth-order valence-electron chi connectivity index (χ4n) is 1.36. The molecule has 0 fully saturated rings. The first-order valence-electron chi connectivity index (χ1n) is 5.40. The Hall–Kier alpha value is -0.650. The van der Waals surface area contributed by atoms with Crippen molar-refractivity contribution < 1.29 is 13.9 Å². The summed E-state index contributed by atoms with van der Waals surface area (Å²) in [7, 11) is 1.64. The van der Waals surface area contributed by atoms with Gasteiger partial charge in [0.2, 0.25) is 0 Å². The molecule has 18 heavy (non-hydrogen) atoms. The molecule has 0 heterocycles. The van der Waals surface area contributed by atoms with Gasteiger partial charge in [0.25, 0.3) is 5.91 Å². The van der Waals surface area contributed by atoms with Gasteiger partial charge in [0.1, 0.15) is 5.82 Å². The number of rotatable bonds is 6. The summed E-state index contributed by atoms with van der Waals surface area (Å²) in [5.74, 6) is -0.265. The molecule has 0 bridgehead atoms. The average molecular weight is 339 g/mol. The highest BCUT2D eigenvalue weighted by molar-refractivity contribution is 9.10. The first kappa shape index (κ1) is 15.4. The quantitative estimate of drug-likeness (QED) is 0.589. The Kier molecular flexibility index (Phi) is 6.60. The van der Waals surface area contributed by atoms with Crippen LogP contribution in [0.5, 0.6) is 0 Å². The molecule has 1 amide bonds. The van der Waals surface area contributed by atoms with Gasteiger partial charge in [-0.1, -0.05) is 15.9 Å². The maximum atomic E-state index is 13.2. The molecule has 0 saturated heterocycles. The van der Waals surface area contributed by atoms with E-state index in [0.29, 0.717) is 35.7 Å². The third-order valence-corrected chi connectivity index (χ3v) is 2.86. The highest BCUT2D eigenvalue weighted by Gasteiger charge is 2.13. The number of carbonyl (C=O) groups is 1. The summed E-state index contributed by atoms with van der Waals surface area (Å²) in [5.41, 5.74) is 0.307. The number of hydrogen-bond donors (Lipinski definition) is 0. The Morgan fingerprint density at radius 1 is 1.44 bits per heavy atom. The van der Waals surface area contributed by atoms with Crippen molar-refractivity contribution in [3.8, 4) is 0 Å². The molecule has 0 radical (unpaired) electrons. The van der Waals surface area contributed by atoms with Gasteiger partial charge in [-0.3, -0.25) is 4.79 Å². The van der Waals surface area contributed by atoms with Gasteiger partial charge in [-0.2, -0.15) is 0 Å². The van der Waals surface area contributed by atoms with Gasteiger partial charge in [-0.15, -0.1) is 11.6 Å². The summed E-state index contributed by atoms with van der Waals surface area (Å²) >= 11 is 8.61. The minimum absolute atomic E-state index is 0.246. The summed E-state index contributed by atoms with van der Waals surface area (Å²) in [6.07, 6.45) is 0. The van der Waals surface area contributed by atoms with Gasteiger partial charge in [-0.25, -0.2) is 4.39 Å². The number of ether oxygens (including phenoxy) is 1. The van der Waals surface area contributed by atoms with Crippen molar-refractivity contribution in [1.29, 1.82) is 0 Å². The van der Waals surface area contributed by atoms with Crippen molar-refractivity contribution in [2.75, 3.05) is 32.7 Å². The van der Waals surface area contributed by atoms with Gasteiger partial charge in [0, 0.05) is 29.5 Å². The molecule has 0 atom stereocenters. The number of nitrogens with zero attached hydrogens (tertiary/aromatic N) is 1. The number of carbonyl (C=O) groups excluding carboxylic acids is 1. The second kappa shape index (κ2) is 7.71. The van der Waals surface area contributed by atoms with Crippen LogP contribution in [-0.2, 0) is 4.74 Å². The molecule has 1 rings (SSSR count). The molecule has 100 valence electrons. The standard InChI is InChI=1S/C12H14BrClFNO2/c1-16(3-5-18-4-2-14)12(17)9-6-10(13)8-11(15)7-9/h6-8H,2-5H2,1H3. The van der Waals surface area contributed by atoms with E-state index >= 15 is 0 Å². The van der Waals surface area contributed by atoms with E-state index in [1.54, 1.807) is 13.1 Å². The molecule has 0 N–H and O–H groups in total. The zero-order valence-corrected chi connectivity index (χ0v) is 12.3. The molecular weight excluding hydrogens is 324 g/mol. The van der Waals surface area contributed by atoms with E-state index in [9.17, 15) is 9.18 Å². The molecule has 1 aromatic rings. The second-order valence-electron chi connectivity index (χ2n) is 3.69. The van der Waals surface area contributed by atoms with Crippen LogP contribution in [0.4, 0.5) is 4.39 Å². The van der Waals surface area contributed by atoms with Crippen molar-refractivity contribution in [1.82, 2.24) is 4.90 Å². The Balaban J connectivity index is 2.57. The van der Waals surface area contributed by atoms with Gasteiger partial charge >= 0.3 is 0 Å². The molecular formula is C12H14BrClFNO2. The Morgan fingerprint density at radius 3 is 2.78 bits per heavy atom. The zero-order valence-electron chi connectivity index (χ0n) is 9.96. The van der Waals surface area contributed by atoms with E-state index in [1.165, 1.54) is 17.0 Å². The summed E-state index contributed by atoms with van der Waals surface area (Å²) in [4.78, 5) is 13.5. The second-order valence-corrected chi connectivity index (χ2v) is 4.98. The highest BCUT2D eigenvalue weighted by atomic mass is 79.9. The van der Waals surface area contributed by atoms with E-state index in [2.05, 4.69) is 15.9 Å². The van der Waals surface area contributed by atoms with Crippen molar-refractivity contribution >= 4 is 33.4 Å². The molecule has 0 aromatic heterocycles. The lowest BCUT2D eigenvalue weighted by atomic mass is 10.2. The van der Waals surface area contributed by atoms with Crippen LogP contribution in [0.25, 0.3) is 0 Å². The normalized spacial score (nSPS) is 10.4. The van der Waals surface area contributed by atoms with Gasteiger partial charge in [-0.05, 0) is 18.2 Å². The molecule has 3 nitrogen and oxygen atoms in total. The Bertz CT molecular complexity index is 397. The van der Waals surface area contributed by atoms with Crippen molar-refractivity contribution in [2.24, 2.45) is 0 Å². The van der Waals surface area contributed by atoms with Crippen LogP contribution >= 0.6 is 27.5 Å². The van der Waals surface area contributed by atoms with E-state index in [4.69, 9.17) is 16.3 Å². The minimum atomic E-state index is -0.445. The van der Waals surface area contributed by atoms with Crippen LogP contribution in [0.3, 0.4) is 0 Å². The average Bonchev–Trinajstić information content (AvgIpc) is 2.32. The van der Waals surface area contributed by atoms with Crippen LogP contribution < -0.4 is 0 Å². The lowest BCUT2D eigenvalue weighted by Crippen LogP contribution is -2.30. The highest BCUT2D eigenvalue weighted by Crippen LogP contribution is 2.16. The van der Waals surface area contributed by atoms with Crippen molar-refractivity contribution in [3.05, 3.63) is 34.1 Å². The number of benzene rings is 1. The smallest absolute Gasteiger partial charge is 0.253 e. The molecule has 0 aliphatic rings. The van der Waals surface area contributed by atoms with Crippen LogP contribution in [0.1, 0.15) is 10.4 Å². The number of halogens is 3. The van der Waals surface area contributed by atoms with E-state index in [-0.39, 0.29) is 5.91 Å². The number of amides is 1. The number of hydrogen-bond acceptors (Lipinski definition) is 2. The van der Waals surface area contributed by atoms with Crippen molar-refractivity contribution in [3.63, 3.8) is 0 Å².